The zero-order chi connectivity index (χ0) is 18.1. The first-order valence-electron chi connectivity index (χ1n) is 8.96. The summed E-state index contributed by atoms with van der Waals surface area (Å²) < 4.78 is 5.64. The quantitative estimate of drug-likeness (QED) is 0.835. The van der Waals surface area contributed by atoms with Gasteiger partial charge in [-0.05, 0) is 19.1 Å². The van der Waals surface area contributed by atoms with Crippen LogP contribution in [0.4, 0.5) is 0 Å². The summed E-state index contributed by atoms with van der Waals surface area (Å²) in [6, 6.07) is 3.37. The van der Waals surface area contributed by atoms with Crippen molar-refractivity contribution in [3.63, 3.8) is 0 Å². The molecule has 0 spiro atoms. The number of carbonyl (C=O) groups excluding carboxylic acids is 2. The van der Waals surface area contributed by atoms with Gasteiger partial charge in [0.2, 0.25) is 11.8 Å². The smallest absolute Gasteiger partial charge is 0.237 e. The molecule has 8 nitrogen and oxygen atoms in total. The van der Waals surface area contributed by atoms with E-state index in [9.17, 15) is 9.59 Å². The standard InChI is InChI=1S/C18H23N5O3/c1-12-2-3-14(26-12)11-22-7-5-19-18(25)16(22)8-17(24)23-6-4-15-13(10-23)9-20-21-15/h2-3,9,16H,4-8,10-11H2,1H3,(H,19,25)(H,20,21)/t16-/m0/s1. The van der Waals surface area contributed by atoms with Crippen LogP contribution in [0.15, 0.2) is 22.7 Å². The van der Waals surface area contributed by atoms with Crippen molar-refractivity contribution in [2.24, 2.45) is 0 Å². The lowest BCUT2D eigenvalue weighted by molar-refractivity contribution is -0.139. The molecule has 1 fully saturated rings. The highest BCUT2D eigenvalue weighted by Crippen LogP contribution is 2.20. The third-order valence-corrected chi connectivity index (χ3v) is 5.12. The molecule has 1 atom stereocenters. The van der Waals surface area contributed by atoms with E-state index >= 15 is 0 Å². The Kier molecular flexibility index (Phi) is 4.50. The van der Waals surface area contributed by atoms with E-state index < -0.39 is 6.04 Å². The maximum atomic E-state index is 12.8. The Balaban J connectivity index is 1.43. The van der Waals surface area contributed by atoms with Crippen LogP contribution in [0.2, 0.25) is 0 Å². The summed E-state index contributed by atoms with van der Waals surface area (Å²) in [4.78, 5) is 29.1. The molecule has 2 aliphatic heterocycles. The van der Waals surface area contributed by atoms with Crippen molar-refractivity contribution < 1.29 is 14.0 Å². The second-order valence-corrected chi connectivity index (χ2v) is 6.93. The van der Waals surface area contributed by atoms with Gasteiger partial charge >= 0.3 is 0 Å². The van der Waals surface area contributed by atoms with Crippen molar-refractivity contribution in [2.75, 3.05) is 19.6 Å². The molecule has 138 valence electrons. The van der Waals surface area contributed by atoms with Crippen molar-refractivity contribution in [3.8, 4) is 0 Å². The van der Waals surface area contributed by atoms with E-state index in [-0.39, 0.29) is 18.2 Å². The Morgan fingerprint density at radius 2 is 2.27 bits per heavy atom. The minimum atomic E-state index is -0.465. The van der Waals surface area contributed by atoms with E-state index in [0.29, 0.717) is 32.7 Å². The molecule has 2 amide bonds. The summed E-state index contributed by atoms with van der Waals surface area (Å²) in [6.45, 7) is 4.93. The van der Waals surface area contributed by atoms with E-state index in [1.165, 1.54) is 0 Å². The van der Waals surface area contributed by atoms with Gasteiger partial charge in [-0.25, -0.2) is 0 Å². The fourth-order valence-electron chi connectivity index (χ4n) is 3.67. The van der Waals surface area contributed by atoms with Gasteiger partial charge < -0.3 is 14.6 Å². The van der Waals surface area contributed by atoms with Gasteiger partial charge in [0.25, 0.3) is 0 Å². The number of aromatic amines is 1. The lowest BCUT2D eigenvalue weighted by atomic mass is 10.0. The van der Waals surface area contributed by atoms with Crippen LogP contribution in [0.5, 0.6) is 0 Å². The van der Waals surface area contributed by atoms with Crippen molar-refractivity contribution in [3.05, 3.63) is 41.1 Å². The van der Waals surface area contributed by atoms with Crippen molar-refractivity contribution >= 4 is 11.8 Å². The number of aryl methyl sites for hydroxylation is 1. The molecule has 8 heteroatoms. The summed E-state index contributed by atoms with van der Waals surface area (Å²) in [5.41, 5.74) is 2.15. The molecule has 1 saturated heterocycles. The number of furan rings is 1. The molecular formula is C18H23N5O3. The topological polar surface area (TPSA) is 94.5 Å². The van der Waals surface area contributed by atoms with E-state index in [0.717, 1.165) is 29.2 Å². The summed E-state index contributed by atoms with van der Waals surface area (Å²) in [5, 5.41) is 9.89. The maximum Gasteiger partial charge on any atom is 0.237 e. The molecule has 2 N–H and O–H groups in total. The number of nitrogens with one attached hydrogen (secondary N) is 2. The summed E-state index contributed by atoms with van der Waals surface area (Å²) in [6.07, 6.45) is 2.72. The molecule has 0 aliphatic carbocycles. The largest absolute Gasteiger partial charge is 0.465 e. The van der Waals surface area contributed by atoms with Crippen LogP contribution in [-0.2, 0) is 29.1 Å². The third-order valence-electron chi connectivity index (χ3n) is 5.12. The van der Waals surface area contributed by atoms with Crippen molar-refractivity contribution in [1.82, 2.24) is 25.3 Å². The van der Waals surface area contributed by atoms with Crippen LogP contribution in [0.25, 0.3) is 0 Å². The minimum Gasteiger partial charge on any atom is -0.465 e. The van der Waals surface area contributed by atoms with Crippen LogP contribution in [0.3, 0.4) is 0 Å². The molecule has 0 unspecified atom stereocenters. The molecule has 26 heavy (non-hydrogen) atoms. The van der Waals surface area contributed by atoms with Crippen LogP contribution < -0.4 is 5.32 Å². The highest BCUT2D eigenvalue weighted by atomic mass is 16.3. The van der Waals surface area contributed by atoms with Crippen LogP contribution in [-0.4, -0.2) is 57.5 Å². The number of rotatable bonds is 4. The minimum absolute atomic E-state index is 0.000439. The summed E-state index contributed by atoms with van der Waals surface area (Å²) >= 11 is 0. The van der Waals surface area contributed by atoms with Gasteiger partial charge in [-0.2, -0.15) is 5.10 Å². The number of carbonyl (C=O) groups is 2. The first-order valence-corrected chi connectivity index (χ1v) is 8.96. The van der Waals surface area contributed by atoms with Crippen LogP contribution in [0.1, 0.15) is 29.2 Å². The lowest BCUT2D eigenvalue weighted by Crippen LogP contribution is -2.56. The number of nitrogens with zero attached hydrogens (tertiary/aromatic N) is 3. The molecular weight excluding hydrogens is 334 g/mol. The van der Waals surface area contributed by atoms with E-state index in [4.69, 9.17) is 4.42 Å². The molecule has 0 bridgehead atoms. The SMILES string of the molecule is Cc1ccc(CN2CCNC(=O)[C@@H]2CC(=O)N2CCc3[nH]ncc3C2)o1. The van der Waals surface area contributed by atoms with Crippen LogP contribution in [0, 0.1) is 6.92 Å². The number of H-pyrrole nitrogens is 1. The zero-order valence-electron chi connectivity index (χ0n) is 14.8. The normalized spacial score (nSPS) is 20.7. The van der Waals surface area contributed by atoms with Crippen molar-refractivity contribution in [1.29, 1.82) is 0 Å². The Bertz CT molecular complexity index is 811. The molecule has 0 aromatic carbocycles. The Morgan fingerprint density at radius 3 is 3.08 bits per heavy atom. The fourth-order valence-corrected chi connectivity index (χ4v) is 3.67. The predicted octanol–water partition coefficient (Wildman–Crippen LogP) is 0.587. The molecule has 2 aromatic heterocycles. The Labute approximate surface area is 151 Å². The number of piperazine rings is 1. The molecule has 2 aliphatic rings. The fraction of sp³-hybridized carbons (Fsp3) is 0.500. The van der Waals surface area contributed by atoms with Gasteiger partial charge in [0.05, 0.1) is 25.2 Å². The first-order chi connectivity index (χ1) is 12.6. The molecule has 0 saturated carbocycles. The summed E-state index contributed by atoms with van der Waals surface area (Å²) in [5.74, 6) is 1.57. The van der Waals surface area contributed by atoms with Gasteiger partial charge in [-0.15, -0.1) is 0 Å². The molecule has 2 aromatic rings. The number of amides is 2. The van der Waals surface area contributed by atoms with E-state index in [1.807, 2.05) is 28.9 Å². The van der Waals surface area contributed by atoms with Gasteiger partial charge in [-0.3, -0.25) is 19.6 Å². The highest BCUT2D eigenvalue weighted by molar-refractivity contribution is 5.89. The van der Waals surface area contributed by atoms with Gasteiger partial charge in [0.1, 0.15) is 11.5 Å². The number of fused-ring (bicyclic) bond motifs is 1. The van der Waals surface area contributed by atoms with Gasteiger partial charge in [0, 0.05) is 43.9 Å². The predicted molar refractivity (Wildman–Crippen MR) is 93.0 cm³/mol. The average Bonchev–Trinajstić information content (AvgIpc) is 3.25. The van der Waals surface area contributed by atoms with Crippen LogP contribution >= 0.6 is 0 Å². The highest BCUT2D eigenvalue weighted by Gasteiger charge is 2.34. The van der Waals surface area contributed by atoms with E-state index in [1.54, 1.807) is 6.20 Å². The number of hydrogen-bond acceptors (Lipinski definition) is 5. The second kappa shape index (κ2) is 6.95. The van der Waals surface area contributed by atoms with E-state index in [2.05, 4.69) is 15.5 Å². The van der Waals surface area contributed by atoms with Crippen molar-refractivity contribution in [2.45, 2.75) is 38.9 Å². The molecule has 4 heterocycles. The van der Waals surface area contributed by atoms with Gasteiger partial charge in [-0.1, -0.05) is 0 Å². The van der Waals surface area contributed by atoms with Gasteiger partial charge in [0.15, 0.2) is 0 Å². The lowest BCUT2D eigenvalue weighted by Gasteiger charge is -2.35. The Hall–Kier alpha value is -2.61. The average molecular weight is 357 g/mol. The number of aromatic nitrogens is 2. The Morgan fingerprint density at radius 1 is 1.38 bits per heavy atom. The summed E-state index contributed by atoms with van der Waals surface area (Å²) in [7, 11) is 0. The first kappa shape index (κ1) is 16.8. The number of hydrogen-bond donors (Lipinski definition) is 2. The molecule has 0 radical (unpaired) electrons. The molecule has 4 rings (SSSR count). The second-order valence-electron chi connectivity index (χ2n) is 6.93. The third kappa shape index (κ3) is 3.37. The monoisotopic (exact) mass is 357 g/mol. The zero-order valence-corrected chi connectivity index (χ0v) is 14.8. The maximum absolute atomic E-state index is 12.8.